The zero-order valence-electron chi connectivity index (χ0n) is 15.3. The Hall–Kier alpha value is -2.28. The van der Waals surface area contributed by atoms with E-state index in [9.17, 15) is 9.59 Å². The van der Waals surface area contributed by atoms with Crippen LogP contribution >= 0.6 is 11.3 Å². The number of hydrogen-bond donors (Lipinski definition) is 1. The number of carbonyl (C=O) groups is 2. The van der Waals surface area contributed by atoms with Crippen LogP contribution in [0.15, 0.2) is 30.3 Å². The van der Waals surface area contributed by atoms with Crippen LogP contribution in [0.25, 0.3) is 0 Å². The van der Waals surface area contributed by atoms with Crippen molar-refractivity contribution in [3.63, 3.8) is 0 Å². The van der Waals surface area contributed by atoms with Crippen molar-refractivity contribution in [1.82, 2.24) is 15.5 Å². The minimum absolute atomic E-state index is 0.00627. The number of amides is 2. The van der Waals surface area contributed by atoms with E-state index in [2.05, 4.69) is 15.5 Å². The molecule has 6 nitrogen and oxygen atoms in total. The van der Waals surface area contributed by atoms with Crippen molar-refractivity contribution in [1.29, 1.82) is 0 Å². The highest BCUT2D eigenvalue weighted by Crippen LogP contribution is 2.29. The lowest BCUT2D eigenvalue weighted by atomic mass is 9.95. The molecule has 1 atom stereocenters. The van der Waals surface area contributed by atoms with Crippen LogP contribution in [0.3, 0.4) is 0 Å². The van der Waals surface area contributed by atoms with Crippen molar-refractivity contribution in [2.75, 3.05) is 11.4 Å². The summed E-state index contributed by atoms with van der Waals surface area (Å²) in [5.41, 5.74) is 1.16. The molecule has 2 heterocycles. The number of anilines is 1. The lowest BCUT2D eigenvalue weighted by molar-refractivity contribution is -0.127. The highest BCUT2D eigenvalue weighted by Gasteiger charge is 2.37. The fraction of sp³-hybridized carbons (Fsp3) is 0.500. The van der Waals surface area contributed by atoms with Gasteiger partial charge in [0.2, 0.25) is 16.9 Å². The van der Waals surface area contributed by atoms with E-state index in [0.29, 0.717) is 18.1 Å². The van der Waals surface area contributed by atoms with Crippen molar-refractivity contribution in [2.24, 2.45) is 5.92 Å². The molecule has 4 rings (SSSR count). The fourth-order valence-corrected chi connectivity index (χ4v) is 4.73. The molecule has 27 heavy (non-hydrogen) atoms. The van der Waals surface area contributed by atoms with E-state index in [1.807, 2.05) is 30.3 Å². The number of nitrogens with one attached hydrogen (secondary N) is 1. The highest BCUT2D eigenvalue weighted by molar-refractivity contribution is 7.15. The van der Waals surface area contributed by atoms with Crippen molar-refractivity contribution in [3.05, 3.63) is 40.9 Å². The van der Waals surface area contributed by atoms with Gasteiger partial charge in [-0.25, -0.2) is 0 Å². The molecule has 1 saturated carbocycles. The second-order valence-electron chi connectivity index (χ2n) is 7.39. The third kappa shape index (κ3) is 4.35. The van der Waals surface area contributed by atoms with Crippen LogP contribution in [-0.2, 0) is 16.0 Å². The van der Waals surface area contributed by atoms with Gasteiger partial charge in [-0.1, -0.05) is 60.9 Å². The van der Waals surface area contributed by atoms with Gasteiger partial charge < -0.3 is 5.32 Å². The Labute approximate surface area is 163 Å². The average Bonchev–Trinajstić information content (AvgIpc) is 3.30. The Kier molecular flexibility index (Phi) is 5.48. The molecule has 0 spiro atoms. The third-order valence-electron chi connectivity index (χ3n) is 5.33. The first-order valence-electron chi connectivity index (χ1n) is 9.66. The van der Waals surface area contributed by atoms with Gasteiger partial charge in [0.25, 0.3) is 0 Å². The number of rotatable bonds is 5. The topological polar surface area (TPSA) is 75.2 Å². The minimum Gasteiger partial charge on any atom is -0.353 e. The zero-order valence-corrected chi connectivity index (χ0v) is 16.1. The van der Waals surface area contributed by atoms with Gasteiger partial charge in [-0.05, 0) is 18.4 Å². The summed E-state index contributed by atoms with van der Waals surface area (Å²) in [5.74, 6) is -0.325. The van der Waals surface area contributed by atoms with E-state index in [1.54, 1.807) is 4.90 Å². The summed E-state index contributed by atoms with van der Waals surface area (Å²) in [6, 6.07) is 10.3. The minimum atomic E-state index is -0.291. The maximum absolute atomic E-state index is 12.6. The first-order chi connectivity index (χ1) is 13.2. The van der Waals surface area contributed by atoms with Crippen molar-refractivity contribution in [2.45, 2.75) is 51.0 Å². The summed E-state index contributed by atoms with van der Waals surface area (Å²) < 4.78 is 0. The third-order valence-corrected chi connectivity index (χ3v) is 6.28. The number of hydrogen-bond acceptors (Lipinski definition) is 5. The van der Waals surface area contributed by atoms with Crippen LogP contribution < -0.4 is 10.2 Å². The molecule has 2 aromatic rings. The van der Waals surface area contributed by atoms with Gasteiger partial charge in [0.1, 0.15) is 5.01 Å². The molecule has 0 radical (unpaired) electrons. The first-order valence-corrected chi connectivity index (χ1v) is 10.5. The molecule has 2 aliphatic rings. The summed E-state index contributed by atoms with van der Waals surface area (Å²) >= 11 is 1.43. The first kappa shape index (κ1) is 18.1. The average molecular weight is 385 g/mol. The van der Waals surface area contributed by atoms with Crippen LogP contribution in [0.1, 0.15) is 49.1 Å². The largest absolute Gasteiger partial charge is 0.353 e. The number of aromatic nitrogens is 2. The predicted octanol–water partition coefficient (Wildman–Crippen LogP) is 2.93. The standard InChI is InChI=1S/C20H24N4O2S/c25-18-12-15(19(26)21-16-9-5-2-6-10-16)13-24(18)20-23-22-17(27-20)11-14-7-3-1-4-8-14/h1,3-4,7-8,15-16H,2,5-6,9-13H2,(H,21,26). The summed E-state index contributed by atoms with van der Waals surface area (Å²) in [6.45, 7) is 0.400. The normalized spacial score (nSPS) is 20.8. The van der Waals surface area contributed by atoms with E-state index >= 15 is 0 Å². The van der Waals surface area contributed by atoms with Gasteiger partial charge >= 0.3 is 0 Å². The van der Waals surface area contributed by atoms with Gasteiger partial charge in [0.05, 0.1) is 5.92 Å². The van der Waals surface area contributed by atoms with E-state index in [0.717, 1.165) is 23.4 Å². The van der Waals surface area contributed by atoms with Crippen LogP contribution in [0.2, 0.25) is 0 Å². The molecule has 1 N–H and O–H groups in total. The Balaban J connectivity index is 1.37. The molecule has 2 amide bonds. The molecule has 1 saturated heterocycles. The molecular weight excluding hydrogens is 360 g/mol. The molecule has 142 valence electrons. The van der Waals surface area contributed by atoms with Crippen molar-refractivity contribution in [3.8, 4) is 0 Å². The predicted molar refractivity (Wildman–Crippen MR) is 105 cm³/mol. The van der Waals surface area contributed by atoms with E-state index in [1.165, 1.54) is 30.6 Å². The highest BCUT2D eigenvalue weighted by atomic mass is 32.1. The molecule has 0 bridgehead atoms. The van der Waals surface area contributed by atoms with Crippen LogP contribution in [-0.4, -0.2) is 34.6 Å². The van der Waals surface area contributed by atoms with Gasteiger partial charge in [0, 0.05) is 25.4 Å². The Morgan fingerprint density at radius 3 is 2.70 bits per heavy atom. The van der Waals surface area contributed by atoms with Crippen molar-refractivity contribution < 1.29 is 9.59 Å². The molecule has 1 aromatic carbocycles. The fourth-order valence-electron chi connectivity index (χ4n) is 3.83. The summed E-state index contributed by atoms with van der Waals surface area (Å²) in [7, 11) is 0. The monoisotopic (exact) mass is 384 g/mol. The zero-order chi connectivity index (χ0) is 18.6. The van der Waals surface area contributed by atoms with Crippen LogP contribution in [0.4, 0.5) is 5.13 Å². The molecule has 2 fully saturated rings. The molecule has 1 unspecified atom stereocenters. The van der Waals surface area contributed by atoms with Crippen LogP contribution in [0, 0.1) is 5.92 Å². The molecule has 1 aliphatic carbocycles. The van der Waals surface area contributed by atoms with Gasteiger partial charge in [-0.3, -0.25) is 14.5 Å². The number of carbonyl (C=O) groups excluding carboxylic acids is 2. The molecule has 7 heteroatoms. The summed E-state index contributed by atoms with van der Waals surface area (Å²) in [5, 5.41) is 13.0. The van der Waals surface area contributed by atoms with Gasteiger partial charge in [-0.15, -0.1) is 10.2 Å². The lowest BCUT2D eigenvalue weighted by Crippen LogP contribution is -2.40. The smallest absolute Gasteiger partial charge is 0.229 e. The van der Waals surface area contributed by atoms with Crippen molar-refractivity contribution >= 4 is 28.3 Å². The number of benzene rings is 1. The van der Waals surface area contributed by atoms with Gasteiger partial charge in [0.15, 0.2) is 0 Å². The second kappa shape index (κ2) is 8.17. The SMILES string of the molecule is O=C(NC1CCCCC1)C1CC(=O)N(c2nnc(Cc3ccccc3)s2)C1. The molecule has 1 aromatic heterocycles. The van der Waals surface area contributed by atoms with Crippen LogP contribution in [0.5, 0.6) is 0 Å². The quantitative estimate of drug-likeness (QED) is 0.860. The molecular formula is C20H24N4O2S. The van der Waals surface area contributed by atoms with E-state index in [4.69, 9.17) is 0 Å². The lowest BCUT2D eigenvalue weighted by Gasteiger charge is -2.24. The maximum Gasteiger partial charge on any atom is 0.229 e. The van der Waals surface area contributed by atoms with E-state index in [-0.39, 0.29) is 30.2 Å². The number of nitrogens with zero attached hydrogens (tertiary/aromatic N) is 3. The second-order valence-corrected chi connectivity index (χ2v) is 8.43. The van der Waals surface area contributed by atoms with E-state index < -0.39 is 0 Å². The maximum atomic E-state index is 12.6. The Bertz CT molecular complexity index is 801. The summed E-state index contributed by atoms with van der Waals surface area (Å²) in [4.78, 5) is 26.6. The Morgan fingerprint density at radius 2 is 1.93 bits per heavy atom. The molecule has 1 aliphatic heterocycles. The summed E-state index contributed by atoms with van der Waals surface area (Å²) in [6.07, 6.45) is 6.67. The Morgan fingerprint density at radius 1 is 1.15 bits per heavy atom. The van der Waals surface area contributed by atoms with Gasteiger partial charge in [-0.2, -0.15) is 0 Å².